The summed E-state index contributed by atoms with van der Waals surface area (Å²) in [5.74, 6) is 1.03. The Labute approximate surface area is 157 Å². The quantitative estimate of drug-likeness (QED) is 0.443. The van der Waals surface area contributed by atoms with Gasteiger partial charge < -0.3 is 10.2 Å². The number of hydrogen-bond acceptors (Lipinski definition) is 2. The summed E-state index contributed by atoms with van der Waals surface area (Å²) < 4.78 is 0. The van der Waals surface area contributed by atoms with Gasteiger partial charge in [0.25, 0.3) is 0 Å². The van der Waals surface area contributed by atoms with Gasteiger partial charge in [-0.15, -0.1) is 24.0 Å². The molecule has 0 amide bonds. The van der Waals surface area contributed by atoms with Crippen LogP contribution in [0.15, 0.2) is 23.3 Å². The number of likely N-dealkylation sites (tertiary alicyclic amines) is 1. The molecule has 1 aromatic heterocycles. The first kappa shape index (κ1) is 18.5. The second-order valence-corrected chi connectivity index (χ2v) is 6.90. The van der Waals surface area contributed by atoms with Crippen LogP contribution >= 0.6 is 24.0 Å². The summed E-state index contributed by atoms with van der Waals surface area (Å²) >= 11 is 0. The van der Waals surface area contributed by atoms with E-state index in [2.05, 4.69) is 33.2 Å². The number of aryl methyl sites for hydroxylation is 1. The van der Waals surface area contributed by atoms with Crippen LogP contribution in [0.5, 0.6) is 0 Å². The van der Waals surface area contributed by atoms with Gasteiger partial charge in [-0.3, -0.25) is 9.98 Å². The Morgan fingerprint density at radius 2 is 2.09 bits per heavy atom. The third-order valence-electron chi connectivity index (χ3n) is 5.40. The van der Waals surface area contributed by atoms with Crippen molar-refractivity contribution in [2.24, 2.45) is 10.4 Å². The molecule has 2 aliphatic rings. The smallest absolute Gasteiger partial charge is 0.193 e. The van der Waals surface area contributed by atoms with Crippen LogP contribution in [0.3, 0.4) is 0 Å². The maximum absolute atomic E-state index is 4.50. The topological polar surface area (TPSA) is 40.5 Å². The molecule has 2 fully saturated rings. The highest BCUT2D eigenvalue weighted by atomic mass is 127. The third-order valence-corrected chi connectivity index (χ3v) is 5.40. The number of aliphatic imine (C=N–C) groups is 1. The monoisotopic (exact) mass is 428 g/mol. The average Bonchev–Trinajstić information content (AvgIpc) is 2.94. The highest BCUT2D eigenvalue weighted by Crippen LogP contribution is 2.43. The number of pyridine rings is 1. The molecule has 0 bridgehead atoms. The molecule has 1 saturated carbocycles. The molecule has 0 atom stereocenters. The summed E-state index contributed by atoms with van der Waals surface area (Å²) in [5.41, 5.74) is 2.91. The van der Waals surface area contributed by atoms with E-state index < -0.39 is 0 Å². The number of rotatable bonds is 2. The highest BCUT2D eigenvalue weighted by molar-refractivity contribution is 14.0. The maximum atomic E-state index is 4.50. The molecule has 1 N–H and O–H groups in total. The summed E-state index contributed by atoms with van der Waals surface area (Å²) in [6, 6.07) is 4.10. The van der Waals surface area contributed by atoms with Gasteiger partial charge in [-0.2, -0.15) is 0 Å². The molecule has 23 heavy (non-hydrogen) atoms. The largest absolute Gasteiger partial charge is 0.351 e. The van der Waals surface area contributed by atoms with Crippen molar-refractivity contribution in [3.63, 3.8) is 0 Å². The van der Waals surface area contributed by atoms with E-state index in [9.17, 15) is 0 Å². The van der Waals surface area contributed by atoms with Crippen LogP contribution in [0, 0.1) is 12.3 Å². The van der Waals surface area contributed by atoms with Crippen LogP contribution in [0.2, 0.25) is 0 Å². The Bertz CT molecular complexity index is 538. The maximum Gasteiger partial charge on any atom is 0.193 e. The predicted molar refractivity (Wildman–Crippen MR) is 106 cm³/mol. The molecule has 1 aliphatic carbocycles. The van der Waals surface area contributed by atoms with E-state index >= 15 is 0 Å². The summed E-state index contributed by atoms with van der Waals surface area (Å²) in [6.45, 7) is 5.18. The van der Waals surface area contributed by atoms with E-state index in [0.717, 1.165) is 24.7 Å². The fraction of sp³-hybridized carbons (Fsp3) is 0.667. The van der Waals surface area contributed by atoms with Crippen molar-refractivity contribution >= 4 is 29.9 Å². The molecular formula is C18H29IN4. The van der Waals surface area contributed by atoms with Crippen LogP contribution in [0.4, 0.5) is 0 Å². The summed E-state index contributed by atoms with van der Waals surface area (Å²) in [5, 5.41) is 3.50. The lowest BCUT2D eigenvalue weighted by Crippen LogP contribution is -2.41. The van der Waals surface area contributed by atoms with Crippen molar-refractivity contribution in [3.8, 4) is 0 Å². The molecule has 0 unspecified atom stereocenters. The summed E-state index contributed by atoms with van der Waals surface area (Å²) in [6.07, 6.45) is 10.2. The van der Waals surface area contributed by atoms with Crippen LogP contribution in [-0.2, 0) is 6.54 Å². The minimum absolute atomic E-state index is 0. The highest BCUT2D eigenvalue weighted by Gasteiger charge is 2.39. The van der Waals surface area contributed by atoms with Crippen molar-refractivity contribution in [1.82, 2.24) is 15.2 Å². The first-order valence-corrected chi connectivity index (χ1v) is 8.59. The van der Waals surface area contributed by atoms with Crippen LogP contribution in [0.1, 0.15) is 49.8 Å². The van der Waals surface area contributed by atoms with Crippen LogP contribution < -0.4 is 5.32 Å². The summed E-state index contributed by atoms with van der Waals surface area (Å²) in [4.78, 5) is 11.4. The Balaban J connectivity index is 0.00000192. The minimum Gasteiger partial charge on any atom is -0.351 e. The van der Waals surface area contributed by atoms with E-state index in [-0.39, 0.29) is 24.0 Å². The van der Waals surface area contributed by atoms with E-state index in [4.69, 9.17) is 0 Å². The molecule has 0 radical (unpaired) electrons. The number of nitrogens with zero attached hydrogens (tertiary/aromatic N) is 3. The third kappa shape index (κ3) is 4.37. The first-order valence-electron chi connectivity index (χ1n) is 8.59. The van der Waals surface area contributed by atoms with Gasteiger partial charge in [0.2, 0.25) is 0 Å². The number of nitrogens with one attached hydrogen (secondary N) is 1. The molecule has 4 nitrogen and oxygen atoms in total. The Hall–Kier alpha value is -0.850. The average molecular weight is 428 g/mol. The van der Waals surface area contributed by atoms with Crippen LogP contribution in [0.25, 0.3) is 0 Å². The molecule has 1 spiro atoms. The fourth-order valence-electron chi connectivity index (χ4n) is 4.02. The van der Waals surface area contributed by atoms with Gasteiger partial charge in [-0.05, 0) is 43.2 Å². The second kappa shape index (κ2) is 8.31. The summed E-state index contributed by atoms with van der Waals surface area (Å²) in [7, 11) is 1.89. The van der Waals surface area contributed by atoms with Crippen molar-refractivity contribution < 1.29 is 0 Å². The first-order chi connectivity index (χ1) is 10.7. The van der Waals surface area contributed by atoms with Crippen molar-refractivity contribution in [2.45, 2.75) is 52.0 Å². The Kier molecular flexibility index (Phi) is 6.68. The zero-order valence-corrected chi connectivity index (χ0v) is 16.7. The molecule has 1 saturated heterocycles. The van der Waals surface area contributed by atoms with Gasteiger partial charge in [-0.25, -0.2) is 0 Å². The Morgan fingerprint density at radius 3 is 2.78 bits per heavy atom. The van der Waals surface area contributed by atoms with E-state index in [1.54, 1.807) is 0 Å². The van der Waals surface area contributed by atoms with Crippen LogP contribution in [-0.4, -0.2) is 36.0 Å². The lowest BCUT2D eigenvalue weighted by molar-refractivity contribution is 0.203. The lowest BCUT2D eigenvalue weighted by Gasteiger charge is -2.33. The molecule has 0 aromatic carbocycles. The Morgan fingerprint density at radius 1 is 1.30 bits per heavy atom. The molecule has 128 valence electrons. The molecular weight excluding hydrogens is 399 g/mol. The number of aromatic nitrogens is 1. The van der Waals surface area contributed by atoms with E-state index in [1.807, 2.05) is 19.3 Å². The zero-order chi connectivity index (χ0) is 15.4. The van der Waals surface area contributed by atoms with Gasteiger partial charge in [0.1, 0.15) is 0 Å². The molecule has 2 heterocycles. The molecule has 1 aliphatic heterocycles. The zero-order valence-electron chi connectivity index (χ0n) is 14.3. The van der Waals surface area contributed by atoms with Gasteiger partial charge in [-0.1, -0.05) is 25.3 Å². The van der Waals surface area contributed by atoms with Gasteiger partial charge in [0, 0.05) is 26.3 Å². The predicted octanol–water partition coefficient (Wildman–Crippen LogP) is 3.74. The molecule has 3 rings (SSSR count). The normalized spacial score (nSPS) is 20.4. The minimum atomic E-state index is 0. The molecule has 1 aromatic rings. The van der Waals surface area contributed by atoms with Crippen molar-refractivity contribution in [1.29, 1.82) is 0 Å². The number of halogens is 1. The van der Waals surface area contributed by atoms with E-state index in [1.165, 1.54) is 50.6 Å². The fourth-order valence-corrected chi connectivity index (χ4v) is 4.02. The number of guanidine groups is 1. The second-order valence-electron chi connectivity index (χ2n) is 6.90. The van der Waals surface area contributed by atoms with Crippen molar-refractivity contribution in [3.05, 3.63) is 29.6 Å². The van der Waals surface area contributed by atoms with Gasteiger partial charge in [0.05, 0.1) is 12.2 Å². The van der Waals surface area contributed by atoms with Crippen molar-refractivity contribution in [2.75, 3.05) is 20.1 Å². The number of hydrogen-bond donors (Lipinski definition) is 1. The molecule has 5 heteroatoms. The standard InChI is InChI=1S/C18H28N4.HI/c1-15-7-6-11-20-16(15)13-21-17(19-2)22-12-10-18(14-22)8-4-3-5-9-18;/h6-7,11H,3-5,8-10,12-14H2,1-2H3,(H,19,21);1H. The van der Waals surface area contributed by atoms with Gasteiger partial charge >= 0.3 is 0 Å². The van der Waals surface area contributed by atoms with Gasteiger partial charge in [0.15, 0.2) is 5.96 Å². The SMILES string of the molecule is CN=C(NCc1ncccc1C)N1CCC2(CCCCC2)C1.I. The lowest BCUT2D eigenvalue weighted by atomic mass is 9.73. The van der Waals surface area contributed by atoms with E-state index in [0.29, 0.717) is 5.41 Å².